The Balaban J connectivity index is 1.69. The minimum Gasteiger partial charge on any atom is -0.459 e. The lowest BCUT2D eigenvalue weighted by Crippen LogP contribution is -2.49. The number of carbonyl (C=O) groups excluding carboxylic acids is 3. The second kappa shape index (κ2) is 11.7. The van der Waals surface area contributed by atoms with Crippen molar-refractivity contribution >= 4 is 23.4 Å². The Hall–Kier alpha value is -3.94. The van der Waals surface area contributed by atoms with Gasteiger partial charge in [-0.25, -0.2) is 0 Å². The fourth-order valence-electron chi connectivity index (χ4n) is 4.75. The van der Waals surface area contributed by atoms with Gasteiger partial charge < -0.3 is 15.1 Å². The third kappa shape index (κ3) is 6.19. The number of benzene rings is 1. The Bertz CT molecular complexity index is 1170. The van der Waals surface area contributed by atoms with Crippen LogP contribution in [0.5, 0.6) is 0 Å². The Morgan fingerprint density at radius 1 is 1.03 bits per heavy atom. The number of nitrogens with one attached hydrogen (secondary N) is 2. The summed E-state index contributed by atoms with van der Waals surface area (Å²) in [7, 11) is 0. The van der Waals surface area contributed by atoms with E-state index >= 15 is 0 Å². The zero-order valence-corrected chi connectivity index (χ0v) is 20.7. The first-order chi connectivity index (χ1) is 17.4. The van der Waals surface area contributed by atoms with Crippen molar-refractivity contribution in [1.82, 2.24) is 15.6 Å². The summed E-state index contributed by atoms with van der Waals surface area (Å²) in [6.45, 7) is 3.59. The van der Waals surface area contributed by atoms with Crippen LogP contribution in [0.3, 0.4) is 0 Å². The molecule has 8 nitrogen and oxygen atoms in total. The van der Waals surface area contributed by atoms with E-state index < -0.39 is 17.9 Å². The molecule has 3 amide bonds. The number of aromatic nitrogens is 1. The predicted molar refractivity (Wildman–Crippen MR) is 136 cm³/mol. The van der Waals surface area contributed by atoms with Crippen molar-refractivity contribution in [3.63, 3.8) is 0 Å². The lowest BCUT2D eigenvalue weighted by molar-refractivity contribution is -0.127. The van der Waals surface area contributed by atoms with E-state index in [1.54, 1.807) is 30.6 Å². The summed E-state index contributed by atoms with van der Waals surface area (Å²) in [6, 6.07) is 11.5. The maximum atomic E-state index is 13.8. The quantitative estimate of drug-likeness (QED) is 0.493. The van der Waals surface area contributed by atoms with E-state index in [0.29, 0.717) is 11.3 Å². The topological polar surface area (TPSA) is 105 Å². The van der Waals surface area contributed by atoms with E-state index in [4.69, 9.17) is 4.42 Å². The number of anilines is 1. The summed E-state index contributed by atoms with van der Waals surface area (Å²) in [6.07, 6.45) is 9.78. The smallest absolute Gasteiger partial charge is 0.287 e. The molecule has 0 saturated heterocycles. The molecule has 1 saturated carbocycles. The van der Waals surface area contributed by atoms with Gasteiger partial charge in [-0.1, -0.05) is 25.3 Å². The van der Waals surface area contributed by atoms with E-state index in [0.717, 1.165) is 36.8 Å². The van der Waals surface area contributed by atoms with E-state index in [1.807, 2.05) is 32.0 Å². The molecule has 0 bridgehead atoms. The molecule has 188 valence electrons. The van der Waals surface area contributed by atoms with Crippen molar-refractivity contribution in [1.29, 1.82) is 0 Å². The van der Waals surface area contributed by atoms with Crippen LogP contribution in [0.4, 0.5) is 5.69 Å². The Labute approximate surface area is 211 Å². The van der Waals surface area contributed by atoms with Crippen molar-refractivity contribution in [3.8, 4) is 0 Å². The molecule has 2 heterocycles. The van der Waals surface area contributed by atoms with E-state index in [-0.39, 0.29) is 24.3 Å². The molecule has 1 aliphatic rings. The predicted octanol–water partition coefficient (Wildman–Crippen LogP) is 4.24. The number of furan rings is 1. The first kappa shape index (κ1) is 25.2. The first-order valence-corrected chi connectivity index (χ1v) is 12.3. The third-order valence-corrected chi connectivity index (χ3v) is 6.38. The fourth-order valence-corrected chi connectivity index (χ4v) is 4.75. The minimum atomic E-state index is -0.927. The normalized spacial score (nSPS) is 14.6. The Morgan fingerprint density at radius 2 is 1.72 bits per heavy atom. The van der Waals surface area contributed by atoms with Crippen LogP contribution in [0.15, 0.2) is 65.5 Å². The third-order valence-electron chi connectivity index (χ3n) is 6.38. The lowest BCUT2D eigenvalue weighted by Gasteiger charge is -2.34. The van der Waals surface area contributed by atoms with Crippen LogP contribution >= 0.6 is 0 Å². The van der Waals surface area contributed by atoms with Gasteiger partial charge >= 0.3 is 0 Å². The molecule has 4 rings (SSSR count). The standard InChI is InChI=1S/C28H32N4O4/c1-19-15-20(2)17-23(16-19)32(25(33)18-30-27(34)24-9-6-14-36-24)26(21-10-12-29-13-11-21)28(35)31-22-7-4-3-5-8-22/h6,9-17,22,26H,3-5,7-8,18H2,1-2H3,(H,30,34)(H,31,35)/t26-/m1/s1. The molecule has 1 fully saturated rings. The molecule has 2 aromatic heterocycles. The molecule has 0 radical (unpaired) electrons. The van der Waals surface area contributed by atoms with Crippen molar-refractivity contribution in [2.45, 2.75) is 58.0 Å². The number of pyridine rings is 1. The average molecular weight is 489 g/mol. The van der Waals surface area contributed by atoms with E-state index in [9.17, 15) is 14.4 Å². The molecule has 1 atom stereocenters. The van der Waals surface area contributed by atoms with E-state index in [2.05, 4.69) is 15.6 Å². The zero-order valence-electron chi connectivity index (χ0n) is 20.7. The van der Waals surface area contributed by atoms with Gasteiger partial charge in [0.1, 0.15) is 6.04 Å². The highest BCUT2D eigenvalue weighted by molar-refractivity contribution is 6.04. The van der Waals surface area contributed by atoms with Crippen molar-refractivity contribution in [2.75, 3.05) is 11.4 Å². The summed E-state index contributed by atoms with van der Waals surface area (Å²) in [5.41, 5.74) is 3.15. The van der Waals surface area contributed by atoms with Gasteiger partial charge in [0.05, 0.1) is 12.8 Å². The number of rotatable bonds is 8. The van der Waals surface area contributed by atoms with Gasteiger partial charge in [0, 0.05) is 24.1 Å². The second-order valence-electron chi connectivity index (χ2n) is 9.30. The average Bonchev–Trinajstić information content (AvgIpc) is 3.41. The van der Waals surface area contributed by atoms with Gasteiger partial charge in [-0.2, -0.15) is 0 Å². The molecular formula is C28H32N4O4. The highest BCUT2D eigenvalue weighted by atomic mass is 16.3. The van der Waals surface area contributed by atoms with Crippen LogP contribution in [0.25, 0.3) is 0 Å². The Morgan fingerprint density at radius 3 is 2.36 bits per heavy atom. The van der Waals surface area contributed by atoms with Crippen molar-refractivity contribution < 1.29 is 18.8 Å². The summed E-state index contributed by atoms with van der Waals surface area (Å²) in [5.74, 6) is -1.05. The maximum absolute atomic E-state index is 13.8. The van der Waals surface area contributed by atoms with Crippen LogP contribution in [0.2, 0.25) is 0 Å². The maximum Gasteiger partial charge on any atom is 0.287 e. The largest absolute Gasteiger partial charge is 0.459 e. The summed E-state index contributed by atoms with van der Waals surface area (Å²) < 4.78 is 5.14. The van der Waals surface area contributed by atoms with Crippen LogP contribution in [-0.2, 0) is 9.59 Å². The van der Waals surface area contributed by atoms with Crippen LogP contribution in [0.1, 0.15) is 65.4 Å². The van der Waals surface area contributed by atoms with Gasteiger partial charge in [0.15, 0.2) is 5.76 Å². The molecule has 8 heteroatoms. The first-order valence-electron chi connectivity index (χ1n) is 12.3. The van der Waals surface area contributed by atoms with Crippen molar-refractivity contribution in [2.24, 2.45) is 0 Å². The Kier molecular flexibility index (Phi) is 8.15. The number of nitrogens with zero attached hydrogens (tertiary/aromatic N) is 2. The molecule has 1 aromatic carbocycles. The summed E-state index contributed by atoms with van der Waals surface area (Å²) in [5, 5.41) is 5.81. The molecule has 36 heavy (non-hydrogen) atoms. The monoisotopic (exact) mass is 488 g/mol. The zero-order chi connectivity index (χ0) is 25.5. The van der Waals surface area contributed by atoms with Gasteiger partial charge in [-0.15, -0.1) is 0 Å². The van der Waals surface area contributed by atoms with Gasteiger partial charge in [0.2, 0.25) is 11.8 Å². The lowest BCUT2D eigenvalue weighted by atomic mass is 9.94. The fraction of sp³-hybridized carbons (Fsp3) is 0.357. The number of aryl methyl sites for hydroxylation is 2. The van der Waals surface area contributed by atoms with Crippen molar-refractivity contribution in [3.05, 3.63) is 83.6 Å². The van der Waals surface area contributed by atoms with Gasteiger partial charge in [0.25, 0.3) is 5.91 Å². The van der Waals surface area contributed by atoms with Crippen LogP contribution in [0, 0.1) is 13.8 Å². The van der Waals surface area contributed by atoms with E-state index in [1.165, 1.54) is 23.7 Å². The highest BCUT2D eigenvalue weighted by Gasteiger charge is 2.34. The number of hydrogen-bond donors (Lipinski definition) is 2. The minimum absolute atomic E-state index is 0.0745. The SMILES string of the molecule is Cc1cc(C)cc(N(C(=O)CNC(=O)c2ccco2)[C@@H](C(=O)NC2CCCCC2)c2ccncc2)c1. The molecule has 0 unspecified atom stereocenters. The molecule has 0 aliphatic heterocycles. The highest BCUT2D eigenvalue weighted by Crippen LogP contribution is 2.30. The summed E-state index contributed by atoms with van der Waals surface area (Å²) in [4.78, 5) is 45.6. The van der Waals surface area contributed by atoms with Gasteiger partial charge in [-0.3, -0.25) is 24.3 Å². The molecule has 0 spiro atoms. The molecule has 1 aliphatic carbocycles. The molecule has 2 N–H and O–H groups in total. The number of hydrogen-bond acceptors (Lipinski definition) is 5. The second-order valence-corrected chi connectivity index (χ2v) is 9.30. The number of carbonyl (C=O) groups is 3. The number of amides is 3. The van der Waals surface area contributed by atoms with Gasteiger partial charge in [-0.05, 0) is 79.8 Å². The summed E-state index contributed by atoms with van der Waals surface area (Å²) >= 11 is 0. The van der Waals surface area contributed by atoms with Crippen LogP contribution in [-0.4, -0.2) is 35.3 Å². The molecular weight excluding hydrogens is 456 g/mol. The van der Waals surface area contributed by atoms with Crippen LogP contribution < -0.4 is 15.5 Å². The molecule has 3 aromatic rings.